The molecular weight excluding hydrogens is 967 g/mol. The molecule has 390 valence electrons. The van der Waals surface area contributed by atoms with Crippen LogP contribution in [0.15, 0.2) is 83.8 Å². The van der Waals surface area contributed by atoms with Gasteiger partial charge in [0.05, 0.1) is 44.1 Å². The lowest BCUT2D eigenvalue weighted by Crippen LogP contribution is -2.54. The van der Waals surface area contributed by atoms with E-state index in [9.17, 15) is 28.8 Å². The van der Waals surface area contributed by atoms with Crippen LogP contribution in [0, 0.1) is 11.8 Å². The number of carbonyl (C=O) groups excluding carboxylic acids is 6. The molecule has 3 heterocycles. The number of amides is 5. The summed E-state index contributed by atoms with van der Waals surface area (Å²) >= 11 is 4.87. The number of ketones is 1. The van der Waals surface area contributed by atoms with Crippen molar-refractivity contribution in [1.29, 1.82) is 0 Å². The second-order valence-electron chi connectivity index (χ2n) is 19.2. The van der Waals surface area contributed by atoms with E-state index in [1.165, 1.54) is 75.6 Å². The van der Waals surface area contributed by atoms with Gasteiger partial charge in [0.2, 0.25) is 23.6 Å². The molecule has 7 atom stereocenters. The lowest BCUT2D eigenvalue weighted by Gasteiger charge is -2.48. The zero-order chi connectivity index (χ0) is 51.7. The molecule has 5 amide bonds. The third kappa shape index (κ3) is 13.3. The van der Waals surface area contributed by atoms with Gasteiger partial charge in [-0.05, 0) is 102 Å². The summed E-state index contributed by atoms with van der Waals surface area (Å²) < 4.78 is 14.4. The van der Waals surface area contributed by atoms with Crippen LogP contribution in [-0.2, 0) is 28.8 Å². The van der Waals surface area contributed by atoms with Crippen LogP contribution in [0.4, 0.5) is 0 Å². The molecule has 15 heteroatoms. The van der Waals surface area contributed by atoms with Crippen LogP contribution in [0.2, 0.25) is 0 Å². The maximum absolute atomic E-state index is 12.6. The van der Waals surface area contributed by atoms with E-state index in [2.05, 4.69) is 36.7 Å². The standard InChI is InChI=1S/3C19H25NO3S/c2*1-3-4-5-6-11-24-19-15(12-16(19)17(21)20-18(19)22)13-7-9-14(23-2)10-8-13;1-3-4-5-6-11-24-18-13-15(21)12-17(20-19(18)22)14-7-9-16(23-2)10-8-14/h2*7-10,15-16H,3-6,11-12H2,1-2H3,(H,20,21,22);7-10,13,17H,3-6,11-12H2,1-2H3,(H,20,22)/t15-,16+,19-;15-,16-,19+;/m01./s1. The van der Waals surface area contributed by atoms with Gasteiger partial charge in [0, 0.05) is 24.3 Å². The van der Waals surface area contributed by atoms with Crippen molar-refractivity contribution in [3.63, 3.8) is 0 Å². The van der Waals surface area contributed by atoms with Gasteiger partial charge in [-0.25, -0.2) is 0 Å². The molecular formula is C57H75N3O9S3. The number of nitrogens with one attached hydrogen (secondary N) is 3. The number of unbranched alkanes of at least 4 members (excludes halogenated alkanes) is 9. The summed E-state index contributed by atoms with van der Waals surface area (Å²) in [6, 6.07) is 23.0. The quantitative estimate of drug-likeness (QED) is 0.0575. The average molecular weight is 1040 g/mol. The third-order valence-electron chi connectivity index (χ3n) is 14.5. The molecule has 0 spiro atoms. The van der Waals surface area contributed by atoms with Gasteiger partial charge in [0.1, 0.15) is 26.7 Å². The van der Waals surface area contributed by atoms with Gasteiger partial charge in [-0.2, -0.15) is 0 Å². The largest absolute Gasteiger partial charge is 0.497 e. The molecule has 3 aliphatic heterocycles. The Morgan fingerprint density at radius 3 is 1.26 bits per heavy atom. The highest BCUT2D eigenvalue weighted by molar-refractivity contribution is 8.04. The Labute approximate surface area is 439 Å². The second-order valence-corrected chi connectivity index (χ2v) is 23.0. The fraction of sp³-hybridized carbons (Fsp3) is 0.544. The molecule has 3 aromatic carbocycles. The number of thioether (sulfide) groups is 3. The maximum atomic E-state index is 12.6. The van der Waals surface area contributed by atoms with Crippen molar-refractivity contribution in [2.45, 2.75) is 144 Å². The number of hydrogen-bond acceptors (Lipinski definition) is 12. The number of fused-ring (bicyclic) bond motifs is 2. The lowest BCUT2D eigenvalue weighted by atomic mass is 9.62. The minimum Gasteiger partial charge on any atom is -0.497 e. The van der Waals surface area contributed by atoms with Crippen LogP contribution in [0.25, 0.3) is 0 Å². The topological polar surface area (TPSA) is 166 Å². The van der Waals surface area contributed by atoms with Crippen molar-refractivity contribution in [3.05, 3.63) is 100 Å². The molecule has 3 aromatic rings. The zero-order valence-electron chi connectivity index (χ0n) is 43.0. The van der Waals surface area contributed by atoms with Gasteiger partial charge in [-0.3, -0.25) is 39.4 Å². The predicted octanol–water partition coefficient (Wildman–Crippen LogP) is 11.0. The van der Waals surface area contributed by atoms with Crippen molar-refractivity contribution in [3.8, 4) is 17.2 Å². The third-order valence-corrected chi connectivity index (χ3v) is 19.1. The second kappa shape index (κ2) is 27.5. The van der Waals surface area contributed by atoms with Gasteiger partial charge in [-0.15, -0.1) is 35.3 Å². The first kappa shape index (κ1) is 56.6. The fourth-order valence-corrected chi connectivity index (χ4v) is 14.7. The monoisotopic (exact) mass is 1040 g/mol. The van der Waals surface area contributed by atoms with Gasteiger partial charge in [0.15, 0.2) is 5.78 Å². The zero-order valence-corrected chi connectivity index (χ0v) is 45.5. The number of methoxy groups -OCH3 is 3. The summed E-state index contributed by atoms with van der Waals surface area (Å²) in [6.07, 6.45) is 17.4. The summed E-state index contributed by atoms with van der Waals surface area (Å²) in [6.45, 7) is 6.56. The van der Waals surface area contributed by atoms with Crippen molar-refractivity contribution in [1.82, 2.24) is 16.0 Å². The SMILES string of the molecule is CCCCCCSC1=CC(=O)CC(c2ccc(OC)cc2)NC1=O.CCCCCCS[C@]12C(=O)NC(=O)[C@H]1C[C@@H]2c1ccc(OC)cc1.CCCCCCS[C@]12C(=O)NC(=O)[C@H]1C[C@H]2c1ccc(OC)cc1. The molecule has 2 saturated heterocycles. The lowest BCUT2D eigenvalue weighted by molar-refractivity contribution is -0.127. The Morgan fingerprint density at radius 1 is 0.500 bits per heavy atom. The first-order valence-corrected chi connectivity index (χ1v) is 28.9. The van der Waals surface area contributed by atoms with E-state index in [4.69, 9.17) is 14.2 Å². The van der Waals surface area contributed by atoms with Crippen molar-refractivity contribution in [2.24, 2.45) is 11.8 Å². The average Bonchev–Trinajstić information content (AvgIpc) is 3.58. The maximum Gasteiger partial charge on any atom is 0.258 e. The van der Waals surface area contributed by atoms with Crippen LogP contribution in [0.3, 0.4) is 0 Å². The number of imide groups is 2. The van der Waals surface area contributed by atoms with Crippen molar-refractivity contribution >= 4 is 70.6 Å². The van der Waals surface area contributed by atoms with Crippen molar-refractivity contribution < 1.29 is 43.0 Å². The highest BCUT2D eigenvalue weighted by atomic mass is 32.2. The Kier molecular flexibility index (Phi) is 21.6. The van der Waals surface area contributed by atoms with E-state index in [-0.39, 0.29) is 71.5 Å². The molecule has 2 aliphatic carbocycles. The Balaban J connectivity index is 0.000000176. The molecule has 4 fully saturated rings. The summed E-state index contributed by atoms with van der Waals surface area (Å²) in [5.41, 5.74) is 3.16. The molecule has 5 aliphatic rings. The van der Waals surface area contributed by atoms with Gasteiger partial charge >= 0.3 is 0 Å². The molecule has 8 rings (SSSR count). The smallest absolute Gasteiger partial charge is 0.258 e. The Bertz CT molecular complexity index is 2230. The predicted molar refractivity (Wildman–Crippen MR) is 291 cm³/mol. The van der Waals surface area contributed by atoms with Gasteiger partial charge in [-0.1, -0.05) is 115 Å². The van der Waals surface area contributed by atoms with Gasteiger partial charge in [0.25, 0.3) is 5.91 Å². The van der Waals surface area contributed by atoms with Crippen LogP contribution >= 0.6 is 35.3 Å². The minimum absolute atomic E-state index is 0.00905. The number of rotatable bonds is 24. The molecule has 1 unspecified atom stereocenters. The Morgan fingerprint density at radius 2 is 0.889 bits per heavy atom. The van der Waals surface area contributed by atoms with E-state index in [1.54, 1.807) is 44.9 Å². The number of hydrogen-bond donors (Lipinski definition) is 3. The van der Waals surface area contributed by atoms with Crippen LogP contribution in [-0.4, -0.2) is 83.4 Å². The number of ether oxygens (including phenoxy) is 3. The summed E-state index contributed by atoms with van der Waals surface area (Å²) in [4.78, 5) is 74.6. The highest BCUT2D eigenvalue weighted by Crippen LogP contribution is 2.62. The van der Waals surface area contributed by atoms with Gasteiger partial charge < -0.3 is 19.5 Å². The van der Waals surface area contributed by atoms with E-state index in [0.717, 1.165) is 83.3 Å². The molecule has 2 saturated carbocycles. The molecule has 0 aromatic heterocycles. The van der Waals surface area contributed by atoms with E-state index < -0.39 is 9.49 Å². The van der Waals surface area contributed by atoms with E-state index in [0.29, 0.717) is 4.91 Å². The molecule has 72 heavy (non-hydrogen) atoms. The molecule has 0 radical (unpaired) electrons. The summed E-state index contributed by atoms with van der Waals surface area (Å²) in [5, 5.41) is 8.12. The summed E-state index contributed by atoms with van der Waals surface area (Å²) in [7, 11) is 4.90. The first-order valence-electron chi connectivity index (χ1n) is 26.0. The van der Waals surface area contributed by atoms with Crippen LogP contribution < -0.4 is 30.2 Å². The Hall–Kier alpha value is -4.73. The minimum atomic E-state index is -0.599. The van der Waals surface area contributed by atoms with E-state index >= 15 is 0 Å². The normalized spacial score (nSPS) is 24.8. The van der Waals surface area contributed by atoms with E-state index in [1.807, 2.05) is 72.8 Å². The number of carbonyl (C=O) groups is 6. The summed E-state index contributed by atoms with van der Waals surface area (Å²) in [5.74, 6) is 4.46. The first-order chi connectivity index (χ1) is 34.9. The number of benzene rings is 3. The van der Waals surface area contributed by atoms with Crippen molar-refractivity contribution in [2.75, 3.05) is 38.6 Å². The van der Waals surface area contributed by atoms with Crippen LogP contribution in [0.1, 0.15) is 152 Å². The molecule has 0 bridgehead atoms. The highest BCUT2D eigenvalue weighted by Gasteiger charge is 2.69. The fourth-order valence-electron chi connectivity index (χ4n) is 10.3. The number of allylic oxidation sites excluding steroid dienone is 1. The molecule has 3 N–H and O–H groups in total. The van der Waals surface area contributed by atoms with Crippen LogP contribution in [0.5, 0.6) is 17.2 Å². The molecule has 12 nitrogen and oxygen atoms in total.